The Balaban J connectivity index is 1.88. The molecule has 1 fully saturated rings. The normalized spacial score (nSPS) is 19.9. The zero-order valence-corrected chi connectivity index (χ0v) is 8.70. The standard InChI is InChI=1S/C11H18O3/c1-2-3-4-5-6-7-11(12)14-9-10-8-13-10/h3-4,10H,2,5-9H2,1H3/b4-3+. The van der Waals surface area contributed by atoms with E-state index in [0.717, 1.165) is 25.9 Å². The van der Waals surface area contributed by atoms with Crippen LogP contribution in [-0.4, -0.2) is 25.3 Å². The van der Waals surface area contributed by atoms with Crippen molar-refractivity contribution < 1.29 is 14.3 Å². The molecule has 0 radical (unpaired) electrons. The van der Waals surface area contributed by atoms with Gasteiger partial charge in [0.1, 0.15) is 12.7 Å². The third-order valence-corrected chi connectivity index (χ3v) is 1.99. The molecule has 1 atom stereocenters. The molecule has 1 saturated heterocycles. The van der Waals surface area contributed by atoms with Crippen LogP contribution in [0.15, 0.2) is 12.2 Å². The molecule has 0 saturated carbocycles. The van der Waals surface area contributed by atoms with Crippen molar-refractivity contribution in [3.63, 3.8) is 0 Å². The molecule has 0 aromatic heterocycles. The van der Waals surface area contributed by atoms with E-state index in [9.17, 15) is 4.79 Å². The Morgan fingerprint density at radius 2 is 2.36 bits per heavy atom. The third kappa shape index (κ3) is 5.75. The first kappa shape index (κ1) is 11.2. The Kier molecular flexibility index (Phi) is 5.30. The molecule has 0 amide bonds. The quantitative estimate of drug-likeness (QED) is 0.272. The van der Waals surface area contributed by atoms with Crippen LogP contribution < -0.4 is 0 Å². The van der Waals surface area contributed by atoms with Crippen LogP contribution >= 0.6 is 0 Å². The maximum Gasteiger partial charge on any atom is 0.305 e. The van der Waals surface area contributed by atoms with Gasteiger partial charge in [-0.3, -0.25) is 4.79 Å². The lowest BCUT2D eigenvalue weighted by Gasteiger charge is -2.00. The van der Waals surface area contributed by atoms with E-state index in [4.69, 9.17) is 9.47 Å². The lowest BCUT2D eigenvalue weighted by atomic mass is 10.2. The summed E-state index contributed by atoms with van der Waals surface area (Å²) in [7, 11) is 0. The van der Waals surface area contributed by atoms with Crippen LogP contribution in [0.1, 0.15) is 32.6 Å². The molecule has 3 heteroatoms. The predicted molar refractivity (Wildman–Crippen MR) is 54.0 cm³/mol. The van der Waals surface area contributed by atoms with Gasteiger partial charge in [-0.2, -0.15) is 0 Å². The minimum Gasteiger partial charge on any atom is -0.463 e. The van der Waals surface area contributed by atoms with Gasteiger partial charge >= 0.3 is 5.97 Å². The van der Waals surface area contributed by atoms with Gasteiger partial charge in [-0.05, 0) is 19.3 Å². The topological polar surface area (TPSA) is 38.8 Å². The SMILES string of the molecule is CC/C=C/CCCC(=O)OCC1CO1. The van der Waals surface area contributed by atoms with Crippen LogP contribution in [-0.2, 0) is 14.3 Å². The van der Waals surface area contributed by atoms with Crippen LogP contribution in [0.4, 0.5) is 0 Å². The lowest BCUT2D eigenvalue weighted by Crippen LogP contribution is -2.09. The number of hydrogen-bond acceptors (Lipinski definition) is 3. The summed E-state index contributed by atoms with van der Waals surface area (Å²) in [5.41, 5.74) is 0. The Bertz CT molecular complexity index is 195. The van der Waals surface area contributed by atoms with Gasteiger partial charge in [0.05, 0.1) is 6.61 Å². The summed E-state index contributed by atoms with van der Waals surface area (Å²) in [5, 5.41) is 0. The number of ether oxygens (including phenoxy) is 2. The molecule has 0 N–H and O–H groups in total. The molecule has 14 heavy (non-hydrogen) atoms. The summed E-state index contributed by atoms with van der Waals surface area (Å²) in [6.07, 6.45) is 7.81. The average molecular weight is 198 g/mol. The number of rotatable bonds is 7. The van der Waals surface area contributed by atoms with E-state index in [1.807, 2.05) is 0 Å². The summed E-state index contributed by atoms with van der Waals surface area (Å²) in [6, 6.07) is 0. The second-order valence-electron chi connectivity index (χ2n) is 3.41. The van der Waals surface area contributed by atoms with Gasteiger partial charge in [0.15, 0.2) is 0 Å². The molecule has 1 aliphatic rings. The molecule has 0 bridgehead atoms. The molecule has 1 heterocycles. The molecule has 0 aliphatic carbocycles. The van der Waals surface area contributed by atoms with Crippen molar-refractivity contribution in [3.05, 3.63) is 12.2 Å². The summed E-state index contributed by atoms with van der Waals surface area (Å²) in [4.78, 5) is 11.1. The fourth-order valence-corrected chi connectivity index (χ4v) is 1.07. The van der Waals surface area contributed by atoms with Crippen molar-refractivity contribution in [2.75, 3.05) is 13.2 Å². The molecule has 0 aromatic carbocycles. The van der Waals surface area contributed by atoms with E-state index in [-0.39, 0.29) is 12.1 Å². The number of carbonyl (C=O) groups excluding carboxylic acids is 1. The van der Waals surface area contributed by atoms with Gasteiger partial charge in [0, 0.05) is 6.42 Å². The minimum absolute atomic E-state index is 0.106. The van der Waals surface area contributed by atoms with E-state index in [2.05, 4.69) is 19.1 Å². The van der Waals surface area contributed by atoms with Crippen molar-refractivity contribution in [3.8, 4) is 0 Å². The second kappa shape index (κ2) is 6.60. The fraction of sp³-hybridized carbons (Fsp3) is 0.727. The number of epoxide rings is 1. The number of carbonyl (C=O) groups is 1. The van der Waals surface area contributed by atoms with E-state index >= 15 is 0 Å². The van der Waals surface area contributed by atoms with Crippen molar-refractivity contribution in [1.29, 1.82) is 0 Å². The van der Waals surface area contributed by atoms with Gasteiger partial charge in [-0.1, -0.05) is 19.1 Å². The van der Waals surface area contributed by atoms with Crippen LogP contribution in [0.25, 0.3) is 0 Å². The number of allylic oxidation sites excluding steroid dienone is 2. The highest BCUT2D eigenvalue weighted by Crippen LogP contribution is 2.09. The molecule has 1 unspecified atom stereocenters. The minimum atomic E-state index is -0.106. The molecular formula is C11H18O3. The van der Waals surface area contributed by atoms with Gasteiger partial charge in [-0.15, -0.1) is 0 Å². The smallest absolute Gasteiger partial charge is 0.305 e. The Morgan fingerprint density at radius 3 is 3.00 bits per heavy atom. The molecule has 1 rings (SSSR count). The van der Waals surface area contributed by atoms with Crippen molar-refractivity contribution >= 4 is 5.97 Å². The highest BCUT2D eigenvalue weighted by molar-refractivity contribution is 5.69. The van der Waals surface area contributed by atoms with E-state index in [1.165, 1.54) is 0 Å². The number of unbranched alkanes of at least 4 members (excludes halogenated alkanes) is 1. The van der Waals surface area contributed by atoms with Crippen molar-refractivity contribution in [2.45, 2.75) is 38.7 Å². The average Bonchev–Trinajstić information content (AvgIpc) is 2.98. The molecule has 1 aliphatic heterocycles. The van der Waals surface area contributed by atoms with E-state index in [1.54, 1.807) is 0 Å². The van der Waals surface area contributed by atoms with E-state index < -0.39 is 0 Å². The van der Waals surface area contributed by atoms with Crippen LogP contribution in [0.5, 0.6) is 0 Å². The van der Waals surface area contributed by atoms with Gasteiger partial charge < -0.3 is 9.47 Å². The molecular weight excluding hydrogens is 180 g/mol. The van der Waals surface area contributed by atoms with E-state index in [0.29, 0.717) is 13.0 Å². The van der Waals surface area contributed by atoms with Gasteiger partial charge in [-0.25, -0.2) is 0 Å². The highest BCUT2D eigenvalue weighted by atomic mass is 16.6. The van der Waals surface area contributed by atoms with Gasteiger partial charge in [0.2, 0.25) is 0 Å². The molecule has 0 spiro atoms. The lowest BCUT2D eigenvalue weighted by molar-refractivity contribution is -0.144. The Labute approximate surface area is 85.1 Å². The maximum atomic E-state index is 11.1. The Hall–Kier alpha value is -0.830. The monoisotopic (exact) mass is 198 g/mol. The highest BCUT2D eigenvalue weighted by Gasteiger charge is 2.23. The molecule has 80 valence electrons. The van der Waals surface area contributed by atoms with Crippen molar-refractivity contribution in [1.82, 2.24) is 0 Å². The zero-order valence-electron chi connectivity index (χ0n) is 8.70. The predicted octanol–water partition coefficient (Wildman–Crippen LogP) is 2.06. The second-order valence-corrected chi connectivity index (χ2v) is 3.41. The Morgan fingerprint density at radius 1 is 1.57 bits per heavy atom. The van der Waals surface area contributed by atoms with Crippen LogP contribution in [0.3, 0.4) is 0 Å². The third-order valence-electron chi connectivity index (χ3n) is 1.99. The van der Waals surface area contributed by atoms with Crippen LogP contribution in [0, 0.1) is 0 Å². The first-order chi connectivity index (χ1) is 6.83. The maximum absolute atomic E-state index is 11.1. The zero-order chi connectivity index (χ0) is 10.2. The fourth-order valence-electron chi connectivity index (χ4n) is 1.07. The van der Waals surface area contributed by atoms with Crippen LogP contribution in [0.2, 0.25) is 0 Å². The summed E-state index contributed by atoms with van der Waals surface area (Å²) in [5.74, 6) is -0.106. The number of hydrogen-bond donors (Lipinski definition) is 0. The molecule has 3 nitrogen and oxygen atoms in total. The summed E-state index contributed by atoms with van der Waals surface area (Å²) in [6.45, 7) is 3.27. The summed E-state index contributed by atoms with van der Waals surface area (Å²) >= 11 is 0. The molecule has 0 aromatic rings. The summed E-state index contributed by atoms with van der Waals surface area (Å²) < 4.78 is 9.91. The van der Waals surface area contributed by atoms with Gasteiger partial charge in [0.25, 0.3) is 0 Å². The first-order valence-electron chi connectivity index (χ1n) is 5.25. The number of esters is 1. The van der Waals surface area contributed by atoms with Crippen molar-refractivity contribution in [2.24, 2.45) is 0 Å². The largest absolute Gasteiger partial charge is 0.463 e. The first-order valence-corrected chi connectivity index (χ1v) is 5.25.